The second-order valence-corrected chi connectivity index (χ2v) is 8.21. The molecule has 166 valence electrons. The second kappa shape index (κ2) is 10.4. The number of carbonyl (C=O) groups excluding carboxylic acids is 1. The van der Waals surface area contributed by atoms with Crippen LogP contribution in [0, 0.1) is 5.92 Å². The summed E-state index contributed by atoms with van der Waals surface area (Å²) < 4.78 is 5.33. The summed E-state index contributed by atoms with van der Waals surface area (Å²) in [6, 6.07) is 15.9. The van der Waals surface area contributed by atoms with E-state index in [4.69, 9.17) is 4.74 Å². The van der Waals surface area contributed by atoms with Crippen LogP contribution in [0.3, 0.4) is 0 Å². The van der Waals surface area contributed by atoms with Crippen molar-refractivity contribution in [2.45, 2.75) is 32.7 Å². The molecule has 2 aromatic carbocycles. The molecule has 6 heteroatoms. The maximum Gasteiger partial charge on any atom is 0.227 e. The van der Waals surface area contributed by atoms with E-state index in [1.807, 2.05) is 60.9 Å². The minimum absolute atomic E-state index is 0.0328. The van der Waals surface area contributed by atoms with Crippen LogP contribution in [0.2, 0.25) is 0 Å². The molecule has 1 N–H and O–H groups in total. The highest BCUT2D eigenvalue weighted by Crippen LogP contribution is 2.27. The van der Waals surface area contributed by atoms with E-state index in [2.05, 4.69) is 27.1 Å². The third-order valence-corrected chi connectivity index (χ3v) is 5.97. The summed E-state index contributed by atoms with van der Waals surface area (Å²) in [4.78, 5) is 24.0. The molecular formula is C26H30N4O2. The van der Waals surface area contributed by atoms with E-state index in [9.17, 15) is 4.79 Å². The lowest BCUT2D eigenvalue weighted by atomic mass is 9.95. The van der Waals surface area contributed by atoms with E-state index in [1.54, 1.807) is 7.11 Å². The molecule has 0 unspecified atom stereocenters. The number of amides is 1. The SMILES string of the molecule is CCc1ncc(CN2CCC(C(=O)Nc3cccc(-c4cccc(OC)c4)c3)CC2)cn1. The molecule has 3 aromatic rings. The predicted molar refractivity (Wildman–Crippen MR) is 126 cm³/mol. The van der Waals surface area contributed by atoms with Crippen LogP contribution < -0.4 is 10.1 Å². The van der Waals surface area contributed by atoms with Gasteiger partial charge in [-0.2, -0.15) is 0 Å². The van der Waals surface area contributed by atoms with Crippen LogP contribution in [0.5, 0.6) is 5.75 Å². The van der Waals surface area contributed by atoms with Crippen LogP contribution in [0.25, 0.3) is 11.1 Å². The number of likely N-dealkylation sites (tertiary alicyclic amines) is 1. The molecule has 32 heavy (non-hydrogen) atoms. The average Bonchev–Trinajstić information content (AvgIpc) is 2.85. The van der Waals surface area contributed by atoms with Gasteiger partial charge in [0.2, 0.25) is 5.91 Å². The van der Waals surface area contributed by atoms with Crippen molar-refractivity contribution in [1.82, 2.24) is 14.9 Å². The largest absolute Gasteiger partial charge is 0.497 e. The van der Waals surface area contributed by atoms with Crippen molar-refractivity contribution in [3.05, 3.63) is 72.3 Å². The lowest BCUT2D eigenvalue weighted by Crippen LogP contribution is -2.37. The van der Waals surface area contributed by atoms with Crippen LogP contribution in [0.1, 0.15) is 31.2 Å². The average molecular weight is 431 g/mol. The summed E-state index contributed by atoms with van der Waals surface area (Å²) in [6.07, 6.45) is 6.40. The number of hydrogen-bond donors (Lipinski definition) is 1. The first kappa shape index (κ1) is 22.0. The van der Waals surface area contributed by atoms with Crippen molar-refractivity contribution in [2.24, 2.45) is 5.92 Å². The zero-order valence-electron chi connectivity index (χ0n) is 18.8. The lowest BCUT2D eigenvalue weighted by molar-refractivity contribution is -0.121. The first-order chi connectivity index (χ1) is 15.6. The lowest BCUT2D eigenvalue weighted by Gasteiger charge is -2.31. The Labute approximate surface area is 189 Å². The van der Waals surface area contributed by atoms with Crippen molar-refractivity contribution in [1.29, 1.82) is 0 Å². The molecule has 0 atom stereocenters. The van der Waals surface area contributed by atoms with Crippen LogP contribution in [-0.4, -0.2) is 41.0 Å². The van der Waals surface area contributed by atoms with Gasteiger partial charge in [-0.15, -0.1) is 0 Å². The molecule has 0 spiro atoms. The number of carbonyl (C=O) groups is 1. The third kappa shape index (κ3) is 5.51. The van der Waals surface area contributed by atoms with Gasteiger partial charge >= 0.3 is 0 Å². The molecule has 0 radical (unpaired) electrons. The van der Waals surface area contributed by atoms with Crippen LogP contribution in [0.15, 0.2) is 60.9 Å². The monoisotopic (exact) mass is 430 g/mol. The van der Waals surface area contributed by atoms with Gasteiger partial charge < -0.3 is 10.1 Å². The minimum Gasteiger partial charge on any atom is -0.497 e. The van der Waals surface area contributed by atoms with Gasteiger partial charge in [-0.25, -0.2) is 9.97 Å². The number of ether oxygens (including phenoxy) is 1. The second-order valence-electron chi connectivity index (χ2n) is 8.21. The van der Waals surface area contributed by atoms with Gasteiger partial charge in [0.15, 0.2) is 0 Å². The fourth-order valence-corrected chi connectivity index (χ4v) is 4.08. The van der Waals surface area contributed by atoms with E-state index in [0.29, 0.717) is 0 Å². The summed E-state index contributed by atoms with van der Waals surface area (Å²) in [5.41, 5.74) is 4.06. The number of nitrogens with one attached hydrogen (secondary N) is 1. The molecule has 1 saturated heterocycles. The maximum absolute atomic E-state index is 12.9. The molecule has 4 rings (SSSR count). The van der Waals surface area contributed by atoms with Gasteiger partial charge in [0.05, 0.1) is 7.11 Å². The van der Waals surface area contributed by atoms with Crippen molar-refractivity contribution in [2.75, 3.05) is 25.5 Å². The van der Waals surface area contributed by atoms with Gasteiger partial charge in [-0.3, -0.25) is 9.69 Å². The van der Waals surface area contributed by atoms with Gasteiger partial charge in [0.25, 0.3) is 0 Å². The molecule has 1 aromatic heterocycles. The first-order valence-corrected chi connectivity index (χ1v) is 11.2. The number of benzene rings is 2. The van der Waals surface area contributed by atoms with Crippen molar-refractivity contribution >= 4 is 11.6 Å². The van der Waals surface area contributed by atoms with Crippen molar-refractivity contribution < 1.29 is 9.53 Å². The van der Waals surface area contributed by atoms with Gasteiger partial charge in [-0.1, -0.05) is 31.2 Å². The fourth-order valence-electron chi connectivity index (χ4n) is 4.08. The van der Waals surface area contributed by atoms with E-state index < -0.39 is 0 Å². The number of aryl methyl sites for hydroxylation is 1. The summed E-state index contributed by atoms with van der Waals surface area (Å²) >= 11 is 0. The Morgan fingerprint density at radius 1 is 1.06 bits per heavy atom. The number of nitrogens with zero attached hydrogens (tertiary/aromatic N) is 3. The van der Waals surface area contributed by atoms with E-state index in [-0.39, 0.29) is 11.8 Å². The van der Waals surface area contributed by atoms with Crippen molar-refractivity contribution in [3.63, 3.8) is 0 Å². The van der Waals surface area contributed by atoms with Crippen LogP contribution in [0.4, 0.5) is 5.69 Å². The van der Waals surface area contributed by atoms with E-state index in [0.717, 1.165) is 72.8 Å². The number of hydrogen-bond acceptors (Lipinski definition) is 5. The number of anilines is 1. The molecule has 1 aliphatic heterocycles. The third-order valence-electron chi connectivity index (χ3n) is 5.97. The molecule has 6 nitrogen and oxygen atoms in total. The molecule has 1 amide bonds. The zero-order chi connectivity index (χ0) is 22.3. The first-order valence-electron chi connectivity index (χ1n) is 11.2. The smallest absolute Gasteiger partial charge is 0.227 e. The summed E-state index contributed by atoms with van der Waals surface area (Å²) in [5.74, 6) is 1.82. The molecule has 0 aliphatic carbocycles. The Balaban J connectivity index is 1.32. The molecular weight excluding hydrogens is 400 g/mol. The van der Waals surface area contributed by atoms with Crippen LogP contribution >= 0.6 is 0 Å². The maximum atomic E-state index is 12.9. The predicted octanol–water partition coefficient (Wildman–Crippen LogP) is 4.57. The summed E-state index contributed by atoms with van der Waals surface area (Å²) in [5, 5.41) is 3.12. The Morgan fingerprint density at radius 3 is 2.44 bits per heavy atom. The van der Waals surface area contributed by atoms with E-state index >= 15 is 0 Å². The summed E-state index contributed by atoms with van der Waals surface area (Å²) in [6.45, 7) is 4.69. The zero-order valence-corrected chi connectivity index (χ0v) is 18.8. The number of piperidine rings is 1. The Kier molecular flexibility index (Phi) is 7.12. The minimum atomic E-state index is 0.0328. The standard InChI is InChI=1S/C26H30N4O2/c1-3-25-27-16-19(17-28-25)18-30-12-10-20(11-13-30)26(31)29-23-8-4-6-21(14-23)22-7-5-9-24(15-22)32-2/h4-9,14-17,20H,3,10-13,18H2,1-2H3,(H,29,31). The summed E-state index contributed by atoms with van der Waals surface area (Å²) in [7, 11) is 1.66. The number of rotatable bonds is 7. The Bertz CT molecular complexity index is 1040. The highest BCUT2D eigenvalue weighted by molar-refractivity contribution is 5.93. The Morgan fingerprint density at radius 2 is 1.75 bits per heavy atom. The van der Waals surface area contributed by atoms with Gasteiger partial charge in [-0.05, 0) is 61.3 Å². The van der Waals surface area contributed by atoms with Gasteiger partial charge in [0.1, 0.15) is 11.6 Å². The normalized spacial score (nSPS) is 14.8. The molecule has 1 aliphatic rings. The van der Waals surface area contributed by atoms with Crippen LogP contribution in [-0.2, 0) is 17.8 Å². The molecule has 2 heterocycles. The van der Waals surface area contributed by atoms with Gasteiger partial charge in [0, 0.05) is 42.5 Å². The highest BCUT2D eigenvalue weighted by atomic mass is 16.5. The van der Waals surface area contributed by atoms with E-state index in [1.165, 1.54) is 0 Å². The van der Waals surface area contributed by atoms with Crippen molar-refractivity contribution in [3.8, 4) is 16.9 Å². The molecule has 0 saturated carbocycles. The molecule has 0 bridgehead atoms. The quantitative estimate of drug-likeness (QED) is 0.595. The number of aromatic nitrogens is 2. The topological polar surface area (TPSA) is 67.4 Å². The fraction of sp³-hybridized carbons (Fsp3) is 0.346. The number of methoxy groups -OCH3 is 1. The Hall–Kier alpha value is -3.25. The molecule has 1 fully saturated rings. The highest BCUT2D eigenvalue weighted by Gasteiger charge is 2.25.